The van der Waals surface area contributed by atoms with Crippen molar-refractivity contribution < 1.29 is 10.2 Å². The molecule has 2 bridgehead atoms. The molecule has 4 heteroatoms. The summed E-state index contributed by atoms with van der Waals surface area (Å²) >= 11 is 0. The van der Waals surface area contributed by atoms with E-state index >= 15 is 0 Å². The monoisotopic (exact) mass is 166 g/mol. The molecule has 1 fully saturated rings. The molecule has 64 valence electrons. The normalized spacial score (nSPS) is 43.5. The number of nitrogens with one attached hydrogen (secondary N) is 1. The number of aliphatic hydroxyl groups excluding tert-OH is 2. The van der Waals surface area contributed by atoms with E-state index in [0.717, 1.165) is 17.7 Å². The summed E-state index contributed by atoms with van der Waals surface area (Å²) in [5.74, 6) is 0.196. The Bertz CT molecular complexity index is 294. The lowest BCUT2D eigenvalue weighted by Gasteiger charge is -2.21. The molecule has 0 radical (unpaired) electrons. The molecular weight excluding hydrogens is 156 g/mol. The first-order valence-electron chi connectivity index (χ1n) is 4.18. The number of rotatable bonds is 0. The molecule has 4 atom stereocenters. The first-order valence-corrected chi connectivity index (χ1v) is 4.18. The smallest absolute Gasteiger partial charge is 0.0888 e. The van der Waals surface area contributed by atoms with Gasteiger partial charge in [-0.25, -0.2) is 0 Å². The fourth-order valence-electron chi connectivity index (χ4n) is 2.53. The van der Waals surface area contributed by atoms with Crippen LogP contribution in [0.5, 0.6) is 0 Å². The van der Waals surface area contributed by atoms with Gasteiger partial charge in [0.2, 0.25) is 0 Å². The average molecular weight is 166 g/mol. The van der Waals surface area contributed by atoms with E-state index in [9.17, 15) is 10.2 Å². The van der Waals surface area contributed by atoms with Crippen LogP contribution in [0.3, 0.4) is 0 Å². The maximum atomic E-state index is 9.56. The number of nitrogens with zero attached hydrogens (tertiary/aromatic N) is 1. The van der Waals surface area contributed by atoms with Crippen LogP contribution in [0.4, 0.5) is 0 Å². The third kappa shape index (κ3) is 0.550. The summed E-state index contributed by atoms with van der Waals surface area (Å²) in [7, 11) is 0. The number of fused-ring (bicyclic) bond motifs is 5. The number of hydrogen-bond donors (Lipinski definition) is 3. The fraction of sp³-hybridized carbons (Fsp3) is 0.625. The van der Waals surface area contributed by atoms with Crippen LogP contribution in [0.25, 0.3) is 0 Å². The van der Waals surface area contributed by atoms with Crippen LogP contribution < -0.4 is 0 Å². The van der Waals surface area contributed by atoms with E-state index in [1.165, 1.54) is 0 Å². The van der Waals surface area contributed by atoms with E-state index < -0.39 is 12.2 Å². The Morgan fingerprint density at radius 3 is 2.92 bits per heavy atom. The Morgan fingerprint density at radius 1 is 1.33 bits per heavy atom. The van der Waals surface area contributed by atoms with Gasteiger partial charge in [-0.2, -0.15) is 5.10 Å². The standard InChI is InChI=1S/C8H10N2O2/c11-7-3-1-4(8(7)12)6-5(3)2-9-10-6/h2-4,7-8,11-12H,1H2,(H,9,10)/t3-,4+,7-,8+/m1/s1. The number of aliphatic hydroxyl groups is 2. The highest BCUT2D eigenvalue weighted by Gasteiger charge is 2.50. The molecule has 3 N–H and O–H groups in total. The maximum Gasteiger partial charge on any atom is 0.0888 e. The van der Waals surface area contributed by atoms with Crippen LogP contribution in [0.1, 0.15) is 29.5 Å². The SMILES string of the molecule is O[C@@H]1[C@H](O)[C@@H]2C[C@H]1c1[nH]ncc12. The van der Waals surface area contributed by atoms with E-state index in [0.29, 0.717) is 0 Å². The highest BCUT2D eigenvalue weighted by atomic mass is 16.3. The van der Waals surface area contributed by atoms with Crippen molar-refractivity contribution >= 4 is 0 Å². The summed E-state index contributed by atoms with van der Waals surface area (Å²) in [4.78, 5) is 0. The minimum atomic E-state index is -0.594. The second-order valence-corrected chi connectivity index (χ2v) is 3.67. The lowest BCUT2D eigenvalue weighted by Crippen LogP contribution is -2.30. The van der Waals surface area contributed by atoms with E-state index in [4.69, 9.17) is 0 Å². The first kappa shape index (κ1) is 6.62. The Morgan fingerprint density at radius 2 is 2.08 bits per heavy atom. The van der Waals surface area contributed by atoms with Gasteiger partial charge in [-0.15, -0.1) is 0 Å². The summed E-state index contributed by atoms with van der Waals surface area (Å²) in [5.41, 5.74) is 2.12. The van der Waals surface area contributed by atoms with Crippen molar-refractivity contribution in [2.45, 2.75) is 30.5 Å². The zero-order chi connectivity index (χ0) is 8.29. The molecule has 2 aliphatic carbocycles. The second-order valence-electron chi connectivity index (χ2n) is 3.67. The highest BCUT2D eigenvalue weighted by Crippen LogP contribution is 2.52. The van der Waals surface area contributed by atoms with Crippen molar-refractivity contribution in [3.05, 3.63) is 17.5 Å². The molecule has 1 heterocycles. The summed E-state index contributed by atoms with van der Waals surface area (Å²) in [6.45, 7) is 0. The van der Waals surface area contributed by atoms with Crippen molar-refractivity contribution in [1.82, 2.24) is 10.2 Å². The predicted molar refractivity (Wildman–Crippen MR) is 40.7 cm³/mol. The average Bonchev–Trinajstić information content (AvgIpc) is 2.63. The second kappa shape index (κ2) is 1.89. The third-order valence-corrected chi connectivity index (χ3v) is 3.15. The molecule has 1 aromatic rings. The third-order valence-electron chi connectivity index (χ3n) is 3.15. The largest absolute Gasteiger partial charge is 0.390 e. The molecule has 0 spiro atoms. The predicted octanol–water partition coefficient (Wildman–Crippen LogP) is -0.284. The van der Waals surface area contributed by atoms with E-state index in [2.05, 4.69) is 10.2 Å². The zero-order valence-corrected chi connectivity index (χ0v) is 6.44. The number of aromatic amines is 1. The Labute approximate surface area is 69.2 Å². The van der Waals surface area contributed by atoms with Gasteiger partial charge in [0, 0.05) is 17.5 Å². The lowest BCUT2D eigenvalue weighted by atomic mass is 9.93. The summed E-state index contributed by atoms with van der Waals surface area (Å²) in [5, 5.41) is 25.9. The quantitative estimate of drug-likeness (QED) is 0.496. The molecule has 0 aromatic carbocycles. The van der Waals surface area contributed by atoms with Crippen LogP contribution in [0.15, 0.2) is 6.20 Å². The molecule has 0 unspecified atom stereocenters. The van der Waals surface area contributed by atoms with Crippen LogP contribution in [0.2, 0.25) is 0 Å². The van der Waals surface area contributed by atoms with Crippen LogP contribution in [0, 0.1) is 0 Å². The fourth-order valence-corrected chi connectivity index (χ4v) is 2.53. The Balaban J connectivity index is 2.16. The van der Waals surface area contributed by atoms with Gasteiger partial charge in [0.25, 0.3) is 0 Å². The van der Waals surface area contributed by atoms with E-state index in [1.54, 1.807) is 6.20 Å². The minimum Gasteiger partial charge on any atom is -0.390 e. The Kier molecular flexibility index (Phi) is 1.04. The first-order chi connectivity index (χ1) is 5.79. The van der Waals surface area contributed by atoms with Gasteiger partial charge in [-0.05, 0) is 12.0 Å². The van der Waals surface area contributed by atoms with Crippen molar-refractivity contribution in [2.24, 2.45) is 0 Å². The van der Waals surface area contributed by atoms with Gasteiger partial charge in [-0.3, -0.25) is 5.10 Å². The molecule has 0 aliphatic heterocycles. The maximum absolute atomic E-state index is 9.56. The van der Waals surface area contributed by atoms with Gasteiger partial charge >= 0.3 is 0 Å². The lowest BCUT2D eigenvalue weighted by molar-refractivity contribution is 0.0211. The van der Waals surface area contributed by atoms with Crippen molar-refractivity contribution in [2.75, 3.05) is 0 Å². The topological polar surface area (TPSA) is 69.1 Å². The van der Waals surface area contributed by atoms with Crippen molar-refractivity contribution in [3.63, 3.8) is 0 Å². The summed E-state index contributed by atoms with van der Waals surface area (Å²) in [6.07, 6.45) is 1.45. The molecule has 1 saturated carbocycles. The van der Waals surface area contributed by atoms with Gasteiger partial charge in [0.05, 0.1) is 18.4 Å². The molecule has 2 aliphatic rings. The molecule has 4 nitrogen and oxygen atoms in total. The van der Waals surface area contributed by atoms with Crippen LogP contribution in [-0.4, -0.2) is 32.6 Å². The zero-order valence-electron chi connectivity index (χ0n) is 6.44. The minimum absolute atomic E-state index is 0.0856. The summed E-state index contributed by atoms with van der Waals surface area (Å²) in [6, 6.07) is 0. The van der Waals surface area contributed by atoms with Crippen LogP contribution in [-0.2, 0) is 0 Å². The van der Waals surface area contributed by atoms with Gasteiger partial charge in [0.15, 0.2) is 0 Å². The Hall–Kier alpha value is -0.870. The van der Waals surface area contributed by atoms with Gasteiger partial charge in [0.1, 0.15) is 0 Å². The van der Waals surface area contributed by atoms with Crippen LogP contribution >= 0.6 is 0 Å². The number of hydrogen-bond acceptors (Lipinski definition) is 3. The number of aromatic nitrogens is 2. The highest BCUT2D eigenvalue weighted by molar-refractivity contribution is 5.38. The van der Waals surface area contributed by atoms with E-state index in [1.807, 2.05) is 0 Å². The molecule has 3 rings (SSSR count). The van der Waals surface area contributed by atoms with E-state index in [-0.39, 0.29) is 11.8 Å². The molecule has 0 saturated heterocycles. The molecule has 0 amide bonds. The molecule has 1 aromatic heterocycles. The van der Waals surface area contributed by atoms with Gasteiger partial charge < -0.3 is 10.2 Å². The van der Waals surface area contributed by atoms with Crippen molar-refractivity contribution in [1.29, 1.82) is 0 Å². The molecule has 12 heavy (non-hydrogen) atoms. The number of H-pyrrole nitrogens is 1. The summed E-state index contributed by atoms with van der Waals surface area (Å²) < 4.78 is 0. The van der Waals surface area contributed by atoms with Crippen molar-refractivity contribution in [3.8, 4) is 0 Å². The molecular formula is C8H10N2O2. The van der Waals surface area contributed by atoms with Gasteiger partial charge in [-0.1, -0.05) is 0 Å².